The van der Waals surface area contributed by atoms with Gasteiger partial charge in [0.2, 0.25) is 5.91 Å². The van der Waals surface area contributed by atoms with E-state index in [2.05, 4.69) is 19.2 Å². The van der Waals surface area contributed by atoms with Gasteiger partial charge in [-0.3, -0.25) is 4.79 Å². The third-order valence-corrected chi connectivity index (χ3v) is 4.48. The first-order valence-corrected chi connectivity index (χ1v) is 7.20. The number of hydrogen-bond donors (Lipinski definition) is 2. The van der Waals surface area contributed by atoms with Crippen LogP contribution in [0.1, 0.15) is 44.7 Å². The molecule has 0 aliphatic heterocycles. The molecule has 1 fully saturated rings. The molecule has 3 heteroatoms. The molecule has 19 heavy (non-hydrogen) atoms. The topological polar surface area (TPSA) is 55.1 Å². The number of benzene rings is 1. The fourth-order valence-corrected chi connectivity index (χ4v) is 2.87. The smallest absolute Gasteiger partial charge is 0.241 e. The quantitative estimate of drug-likeness (QED) is 0.877. The molecule has 4 atom stereocenters. The summed E-state index contributed by atoms with van der Waals surface area (Å²) in [6.07, 6.45) is 3.52. The minimum absolute atomic E-state index is 0.0582. The Balaban J connectivity index is 1.97. The highest BCUT2D eigenvalue weighted by atomic mass is 16.2. The van der Waals surface area contributed by atoms with Gasteiger partial charge in [-0.15, -0.1) is 0 Å². The number of amides is 1. The van der Waals surface area contributed by atoms with Crippen LogP contribution in [0.5, 0.6) is 0 Å². The molecule has 3 nitrogen and oxygen atoms in total. The third kappa shape index (κ3) is 3.35. The van der Waals surface area contributed by atoms with Crippen LogP contribution in [0.2, 0.25) is 0 Å². The number of rotatable bonds is 3. The summed E-state index contributed by atoms with van der Waals surface area (Å²) in [6, 6.07) is 9.26. The number of nitrogens with one attached hydrogen (secondary N) is 1. The van der Waals surface area contributed by atoms with Gasteiger partial charge >= 0.3 is 0 Å². The van der Waals surface area contributed by atoms with Crippen molar-refractivity contribution in [3.8, 4) is 0 Å². The van der Waals surface area contributed by atoms with Gasteiger partial charge in [0.1, 0.15) is 6.04 Å². The summed E-state index contributed by atoms with van der Waals surface area (Å²) >= 11 is 0. The first-order valence-electron chi connectivity index (χ1n) is 7.20. The summed E-state index contributed by atoms with van der Waals surface area (Å²) in [7, 11) is 0. The summed E-state index contributed by atoms with van der Waals surface area (Å²) in [5.74, 6) is 1.14. The van der Waals surface area contributed by atoms with Crippen LogP contribution in [-0.4, -0.2) is 11.9 Å². The number of carbonyl (C=O) groups is 1. The van der Waals surface area contributed by atoms with Gasteiger partial charge in [-0.1, -0.05) is 57.0 Å². The van der Waals surface area contributed by atoms with Gasteiger partial charge in [0.25, 0.3) is 0 Å². The van der Waals surface area contributed by atoms with Gasteiger partial charge in [0.05, 0.1) is 0 Å². The molecular weight excluding hydrogens is 236 g/mol. The zero-order chi connectivity index (χ0) is 13.8. The van der Waals surface area contributed by atoms with Crippen molar-refractivity contribution in [1.82, 2.24) is 5.32 Å². The van der Waals surface area contributed by atoms with Crippen LogP contribution in [0.15, 0.2) is 30.3 Å². The molecule has 3 N–H and O–H groups in total. The molecular formula is C16H24N2O. The van der Waals surface area contributed by atoms with Gasteiger partial charge < -0.3 is 11.1 Å². The molecule has 0 heterocycles. The van der Waals surface area contributed by atoms with E-state index in [1.165, 1.54) is 12.8 Å². The average molecular weight is 260 g/mol. The van der Waals surface area contributed by atoms with Crippen molar-refractivity contribution >= 4 is 5.91 Å². The molecule has 1 amide bonds. The molecule has 2 rings (SSSR count). The van der Waals surface area contributed by atoms with E-state index in [1.807, 2.05) is 30.3 Å². The fraction of sp³-hybridized carbons (Fsp3) is 0.562. The van der Waals surface area contributed by atoms with E-state index < -0.39 is 6.04 Å². The summed E-state index contributed by atoms with van der Waals surface area (Å²) in [4.78, 5) is 12.2. The summed E-state index contributed by atoms with van der Waals surface area (Å²) in [5, 5.41) is 3.13. The fourth-order valence-electron chi connectivity index (χ4n) is 2.87. The molecule has 0 saturated heterocycles. The lowest BCUT2D eigenvalue weighted by Crippen LogP contribution is -2.46. The maximum Gasteiger partial charge on any atom is 0.241 e. The van der Waals surface area contributed by atoms with E-state index in [0.717, 1.165) is 12.0 Å². The number of hydrogen-bond acceptors (Lipinski definition) is 2. The predicted octanol–water partition coefficient (Wildman–Crippen LogP) is 2.63. The van der Waals surface area contributed by atoms with Crippen LogP contribution >= 0.6 is 0 Å². The Kier molecular flexibility index (Phi) is 4.59. The summed E-state index contributed by atoms with van der Waals surface area (Å²) < 4.78 is 0. The van der Waals surface area contributed by atoms with Crippen LogP contribution in [0.4, 0.5) is 0 Å². The van der Waals surface area contributed by atoms with E-state index >= 15 is 0 Å². The molecule has 1 aromatic carbocycles. The van der Waals surface area contributed by atoms with Gasteiger partial charge in [-0.2, -0.15) is 0 Å². The zero-order valence-corrected chi connectivity index (χ0v) is 11.8. The molecule has 4 unspecified atom stereocenters. The number of carbonyl (C=O) groups excluding carboxylic acids is 1. The van der Waals surface area contributed by atoms with Gasteiger partial charge in [0, 0.05) is 6.04 Å². The Morgan fingerprint density at radius 2 is 1.95 bits per heavy atom. The highest BCUT2D eigenvalue weighted by Gasteiger charge is 2.29. The molecule has 0 bridgehead atoms. The minimum Gasteiger partial charge on any atom is -0.351 e. The number of nitrogens with two attached hydrogens (primary N) is 1. The first kappa shape index (κ1) is 14.1. The normalized spacial score (nSPS) is 28.7. The van der Waals surface area contributed by atoms with Crippen molar-refractivity contribution in [2.45, 2.75) is 45.2 Å². The van der Waals surface area contributed by atoms with Crippen LogP contribution in [0.25, 0.3) is 0 Å². The maximum absolute atomic E-state index is 12.2. The second kappa shape index (κ2) is 6.20. The first-order chi connectivity index (χ1) is 9.09. The van der Waals surface area contributed by atoms with Gasteiger partial charge in [-0.05, 0) is 23.8 Å². The monoisotopic (exact) mass is 260 g/mol. The van der Waals surface area contributed by atoms with E-state index in [4.69, 9.17) is 5.73 Å². The third-order valence-electron chi connectivity index (χ3n) is 4.48. The molecule has 0 spiro atoms. The van der Waals surface area contributed by atoms with E-state index in [1.54, 1.807) is 0 Å². The van der Waals surface area contributed by atoms with E-state index in [9.17, 15) is 4.79 Å². The second-order valence-electron chi connectivity index (χ2n) is 5.77. The average Bonchev–Trinajstić information content (AvgIpc) is 2.44. The van der Waals surface area contributed by atoms with Crippen molar-refractivity contribution in [2.75, 3.05) is 0 Å². The molecule has 1 saturated carbocycles. The van der Waals surface area contributed by atoms with Crippen molar-refractivity contribution in [2.24, 2.45) is 17.6 Å². The largest absolute Gasteiger partial charge is 0.351 e. The van der Waals surface area contributed by atoms with Gasteiger partial charge in [-0.25, -0.2) is 0 Å². The molecule has 1 aromatic rings. The zero-order valence-electron chi connectivity index (χ0n) is 11.8. The van der Waals surface area contributed by atoms with Crippen LogP contribution < -0.4 is 11.1 Å². The lowest BCUT2D eigenvalue weighted by atomic mass is 9.78. The lowest BCUT2D eigenvalue weighted by molar-refractivity contribution is -0.123. The van der Waals surface area contributed by atoms with Crippen molar-refractivity contribution in [1.29, 1.82) is 0 Å². The molecule has 104 valence electrons. The van der Waals surface area contributed by atoms with Crippen molar-refractivity contribution in [3.05, 3.63) is 35.9 Å². The van der Waals surface area contributed by atoms with Gasteiger partial charge in [0.15, 0.2) is 0 Å². The minimum atomic E-state index is -0.564. The summed E-state index contributed by atoms with van der Waals surface area (Å²) in [5.41, 5.74) is 6.90. The van der Waals surface area contributed by atoms with Crippen LogP contribution in [0, 0.1) is 11.8 Å². The van der Waals surface area contributed by atoms with E-state index in [0.29, 0.717) is 11.8 Å². The Bertz CT molecular complexity index is 418. The Morgan fingerprint density at radius 1 is 1.26 bits per heavy atom. The SMILES string of the molecule is CC1CCCC(NC(=O)C(N)c2ccccc2)C1C. The van der Waals surface area contributed by atoms with Crippen LogP contribution in [0.3, 0.4) is 0 Å². The predicted molar refractivity (Wildman–Crippen MR) is 77.5 cm³/mol. The summed E-state index contributed by atoms with van der Waals surface area (Å²) in [6.45, 7) is 4.49. The highest BCUT2D eigenvalue weighted by molar-refractivity contribution is 5.83. The Morgan fingerprint density at radius 3 is 2.63 bits per heavy atom. The molecule has 0 radical (unpaired) electrons. The molecule has 1 aliphatic rings. The second-order valence-corrected chi connectivity index (χ2v) is 5.77. The highest BCUT2D eigenvalue weighted by Crippen LogP contribution is 2.29. The van der Waals surface area contributed by atoms with Crippen molar-refractivity contribution in [3.63, 3.8) is 0 Å². The van der Waals surface area contributed by atoms with E-state index in [-0.39, 0.29) is 11.9 Å². The van der Waals surface area contributed by atoms with Crippen molar-refractivity contribution < 1.29 is 4.79 Å². The Hall–Kier alpha value is -1.35. The molecule has 1 aliphatic carbocycles. The Labute approximate surface area is 115 Å². The maximum atomic E-state index is 12.2. The lowest BCUT2D eigenvalue weighted by Gasteiger charge is -2.35. The van der Waals surface area contributed by atoms with Crippen LogP contribution in [-0.2, 0) is 4.79 Å². The molecule has 0 aromatic heterocycles. The standard InChI is InChI=1S/C16H24N2O/c1-11-7-6-10-14(12(11)2)18-16(19)15(17)13-8-4-3-5-9-13/h3-5,8-9,11-12,14-15H,6-7,10,17H2,1-2H3,(H,18,19).